The average molecular weight is 1370 g/mol. The van der Waals surface area contributed by atoms with Crippen LogP contribution in [0.25, 0.3) is 0 Å². The van der Waals surface area contributed by atoms with Crippen LogP contribution in [0.4, 0.5) is 22.7 Å². The Morgan fingerprint density at radius 2 is 0.713 bits per heavy atom. The van der Waals surface area contributed by atoms with Crippen LogP contribution in [-0.4, -0.2) is 297 Å². The Morgan fingerprint density at radius 3 is 1.14 bits per heavy atom. The van der Waals surface area contributed by atoms with Gasteiger partial charge in [-0.3, -0.25) is 9.80 Å². The van der Waals surface area contributed by atoms with Gasteiger partial charge in [-0.2, -0.15) is 0 Å². The van der Waals surface area contributed by atoms with Crippen LogP contribution in [0.1, 0.15) is 31.7 Å². The maximum absolute atomic E-state index is 6.37. The van der Waals surface area contributed by atoms with E-state index in [-0.39, 0.29) is 18.3 Å². The summed E-state index contributed by atoms with van der Waals surface area (Å²) in [6.45, 7) is 30.8. The van der Waals surface area contributed by atoms with Crippen LogP contribution in [0.3, 0.4) is 0 Å². The van der Waals surface area contributed by atoms with Gasteiger partial charge in [-0.1, -0.05) is 72.4 Å². The van der Waals surface area contributed by atoms with Crippen molar-refractivity contribution in [2.45, 2.75) is 71.0 Å². The lowest BCUT2D eigenvalue weighted by Gasteiger charge is -2.36. The maximum atomic E-state index is 6.37. The summed E-state index contributed by atoms with van der Waals surface area (Å²) in [4.78, 5) is 20.4. The number of piperazine rings is 2. The van der Waals surface area contributed by atoms with Gasteiger partial charge in [0.05, 0.1) is 168 Å². The molecule has 3 atom stereocenters. The Balaban J connectivity index is 0.000000270. The summed E-state index contributed by atoms with van der Waals surface area (Å²) < 4.78 is 77.7. The molecule has 0 radical (unpaired) electrons. The fourth-order valence-electron chi connectivity index (χ4n) is 11.2. The number of para-hydroxylation sites is 2. The minimum atomic E-state index is -0.161. The van der Waals surface area contributed by atoms with Gasteiger partial charge < -0.3 is 85.9 Å². The quantitative estimate of drug-likeness (QED) is 0.0386. The molecular formula is C71H111ClN6O14S2. The largest absolute Gasteiger partial charge is 0.382 e. The van der Waals surface area contributed by atoms with Crippen molar-refractivity contribution in [3.05, 3.63) is 95.5 Å². The maximum Gasteiger partial charge on any atom is 0.104 e. The molecule has 0 saturated carbocycles. The molecule has 4 heterocycles. The van der Waals surface area contributed by atoms with Crippen LogP contribution in [0.5, 0.6) is 0 Å². The predicted molar refractivity (Wildman–Crippen MR) is 376 cm³/mol. The van der Waals surface area contributed by atoms with E-state index in [1.54, 1.807) is 28.4 Å². The second-order valence-electron chi connectivity index (χ2n) is 23.5. The summed E-state index contributed by atoms with van der Waals surface area (Å²) in [5.41, 5.74) is 6.49. The fourth-order valence-corrected chi connectivity index (χ4v) is 13.5. The number of ether oxygens (including phenoxy) is 14. The van der Waals surface area contributed by atoms with E-state index in [1.165, 1.54) is 47.9 Å². The molecule has 4 aliphatic rings. The molecular weight excluding hydrogens is 1260 g/mol. The molecule has 0 aromatic heterocycles. The molecule has 4 aromatic rings. The lowest BCUT2D eigenvalue weighted by atomic mass is 10.1. The van der Waals surface area contributed by atoms with E-state index in [0.717, 1.165) is 129 Å². The van der Waals surface area contributed by atoms with E-state index in [9.17, 15) is 0 Å². The number of anilines is 4. The molecule has 8 rings (SSSR count). The van der Waals surface area contributed by atoms with E-state index in [0.29, 0.717) is 126 Å². The topological polar surface area (TPSA) is 149 Å². The number of hydrogen-bond acceptors (Lipinski definition) is 22. The van der Waals surface area contributed by atoms with Gasteiger partial charge in [-0.15, -0.1) is 0 Å². The molecule has 94 heavy (non-hydrogen) atoms. The lowest BCUT2D eigenvalue weighted by molar-refractivity contribution is -0.0878. The number of methoxy groups -OCH3 is 4. The predicted octanol–water partition coefficient (Wildman–Crippen LogP) is 9.82. The molecule has 528 valence electrons. The zero-order valence-corrected chi connectivity index (χ0v) is 59.7. The monoisotopic (exact) mass is 1370 g/mol. The smallest absolute Gasteiger partial charge is 0.104 e. The van der Waals surface area contributed by atoms with Crippen LogP contribution in [-0.2, 0) is 66.3 Å². The fraction of sp³-hybridized carbons (Fsp3) is 0.662. The first-order chi connectivity index (χ1) is 46.3. The highest BCUT2D eigenvalue weighted by molar-refractivity contribution is 8.00. The van der Waals surface area contributed by atoms with Crippen molar-refractivity contribution in [1.82, 2.24) is 19.6 Å². The van der Waals surface area contributed by atoms with Crippen molar-refractivity contribution >= 4 is 57.9 Å². The summed E-state index contributed by atoms with van der Waals surface area (Å²) in [5.74, 6) is 0. The van der Waals surface area contributed by atoms with E-state index in [1.807, 2.05) is 29.6 Å². The van der Waals surface area contributed by atoms with Crippen LogP contribution in [0.2, 0.25) is 5.02 Å². The molecule has 0 N–H and O–H groups in total. The molecule has 20 nitrogen and oxygen atoms in total. The third-order valence-electron chi connectivity index (χ3n) is 16.8. The van der Waals surface area contributed by atoms with Crippen LogP contribution in [0, 0.1) is 6.92 Å². The van der Waals surface area contributed by atoms with Crippen LogP contribution in [0.15, 0.2) is 105 Å². The van der Waals surface area contributed by atoms with Gasteiger partial charge in [0.15, 0.2) is 0 Å². The van der Waals surface area contributed by atoms with Gasteiger partial charge in [0.25, 0.3) is 0 Å². The number of aryl methyl sites for hydroxylation is 1. The van der Waals surface area contributed by atoms with E-state index in [4.69, 9.17) is 77.9 Å². The van der Waals surface area contributed by atoms with Crippen molar-refractivity contribution in [1.29, 1.82) is 0 Å². The van der Waals surface area contributed by atoms with Gasteiger partial charge >= 0.3 is 0 Å². The Labute approximate surface area is 575 Å². The second kappa shape index (κ2) is 47.7. The lowest BCUT2D eigenvalue weighted by Crippen LogP contribution is -2.47. The van der Waals surface area contributed by atoms with Crippen molar-refractivity contribution in [2.24, 2.45) is 0 Å². The first-order valence-corrected chi connectivity index (χ1v) is 36.0. The highest BCUT2D eigenvalue weighted by atomic mass is 35.5. The van der Waals surface area contributed by atoms with Gasteiger partial charge in [0, 0.05) is 132 Å². The minimum Gasteiger partial charge on any atom is -0.382 e. The van der Waals surface area contributed by atoms with Crippen molar-refractivity contribution in [2.75, 3.05) is 269 Å². The number of hydrogen-bond donors (Lipinski definition) is 0. The van der Waals surface area contributed by atoms with Crippen molar-refractivity contribution < 1.29 is 66.3 Å². The number of benzene rings is 4. The van der Waals surface area contributed by atoms with Crippen LogP contribution < -0.4 is 9.80 Å². The molecule has 4 aliphatic heterocycles. The highest BCUT2D eigenvalue weighted by Gasteiger charge is 2.26. The van der Waals surface area contributed by atoms with Gasteiger partial charge in [0.1, 0.15) is 12.2 Å². The van der Waals surface area contributed by atoms with Gasteiger partial charge in [-0.05, 0) is 99.4 Å². The molecule has 0 aliphatic carbocycles. The third-order valence-corrected chi connectivity index (χ3v) is 19.2. The molecule has 3 unspecified atom stereocenters. The molecule has 23 heteroatoms. The van der Waals surface area contributed by atoms with Crippen molar-refractivity contribution in [3.8, 4) is 0 Å². The van der Waals surface area contributed by atoms with Crippen LogP contribution >= 0.6 is 35.1 Å². The normalized spacial score (nSPS) is 16.3. The number of fused-ring (bicyclic) bond motifs is 4. The Kier molecular flexibility index (Phi) is 39.6. The summed E-state index contributed by atoms with van der Waals surface area (Å²) in [6.07, 6.45) is 2.95. The zero-order chi connectivity index (χ0) is 66.1. The zero-order valence-electron chi connectivity index (χ0n) is 57.3. The van der Waals surface area contributed by atoms with E-state index < -0.39 is 0 Å². The first-order valence-electron chi connectivity index (χ1n) is 34.0. The van der Waals surface area contributed by atoms with E-state index >= 15 is 0 Å². The Morgan fingerprint density at radius 1 is 0.362 bits per heavy atom. The summed E-state index contributed by atoms with van der Waals surface area (Å²) in [7, 11) is 6.68. The molecule has 4 aromatic carbocycles. The minimum absolute atomic E-state index is 0.0994. The summed E-state index contributed by atoms with van der Waals surface area (Å²) >= 11 is 10.1. The number of halogens is 1. The second-order valence-corrected chi connectivity index (χ2v) is 26.1. The third kappa shape index (κ3) is 29.3. The number of nitrogens with zero attached hydrogens (tertiary/aromatic N) is 6. The first kappa shape index (κ1) is 78.1. The molecule has 0 bridgehead atoms. The summed E-state index contributed by atoms with van der Waals surface area (Å²) in [6, 6.07) is 30.5. The number of rotatable bonds is 49. The van der Waals surface area contributed by atoms with Crippen molar-refractivity contribution in [3.63, 3.8) is 0 Å². The Hall–Kier alpha value is -3.25. The molecule has 0 spiro atoms. The van der Waals surface area contributed by atoms with Gasteiger partial charge in [-0.25, -0.2) is 0 Å². The highest BCUT2D eigenvalue weighted by Crippen LogP contribution is 2.50. The molecule has 0 amide bonds. The molecule has 2 saturated heterocycles. The average Bonchev–Trinajstić information content (AvgIpc) is 0.786. The van der Waals surface area contributed by atoms with E-state index in [2.05, 4.69) is 122 Å². The summed E-state index contributed by atoms with van der Waals surface area (Å²) in [5, 5.41) is 0.788. The Bertz CT molecular complexity index is 2610. The van der Waals surface area contributed by atoms with Gasteiger partial charge in [0.2, 0.25) is 0 Å². The molecule has 2 fully saturated rings. The SMILES string of the molecule is CCC(COCC(COCC(COCCOCCOCCN1CCN(CCCN2c3ccccc3Sc3ccc(C)cc32)CC1)OC)OC)OC.COCCOCCOCCOCCOCCOCCN1CCN(CCCN2c3ccccc3Sc3ccc(Cl)cc32)CC1. The standard InChI is InChI=1S/C39H63N3O8S.C32H48ClN3O6S/c1-6-33(43-3)27-49-30-35(45-5)31-50-29-34(44-4)28-48-25-24-47-23-22-46-21-20-41-18-16-40(17-19-41)14-9-15-42-36-10-7-8-11-38(36)51-39-13-12-32(2)26-37(39)42;1-37-17-18-39-21-22-41-25-26-42-24-23-40-20-19-38-16-15-35-13-11-34(12-14-35)9-4-10-36-29-5-2-3-6-31(29)43-32-8-7-28(33)27-30(32)36/h7-8,10-13,26,33-35H,6,9,14-25,27-31H2,1-5H3;2-3,5-8,27H,4,9-26H2,1H3.